The largest absolute Gasteiger partial charge is 0.495 e. The van der Waals surface area contributed by atoms with Gasteiger partial charge in [-0.3, -0.25) is 9.69 Å². The molecule has 1 amide bonds. The van der Waals surface area contributed by atoms with Crippen LogP contribution < -0.4 is 10.1 Å². The molecule has 0 unspecified atom stereocenters. The third kappa shape index (κ3) is 5.85. The lowest BCUT2D eigenvalue weighted by atomic mass is 10.1. The first kappa shape index (κ1) is 23.7. The highest BCUT2D eigenvalue weighted by molar-refractivity contribution is 7.89. The minimum atomic E-state index is -3.71. The van der Waals surface area contributed by atoms with Gasteiger partial charge in [0.15, 0.2) is 0 Å². The second-order valence-electron chi connectivity index (χ2n) is 7.86. The molecule has 1 N–H and O–H groups in total. The molecule has 1 fully saturated rings. The molecule has 0 spiro atoms. The first-order valence-electron chi connectivity index (χ1n) is 10.5. The van der Waals surface area contributed by atoms with Crippen molar-refractivity contribution < 1.29 is 17.9 Å². The van der Waals surface area contributed by atoms with E-state index < -0.39 is 10.0 Å². The summed E-state index contributed by atoms with van der Waals surface area (Å²) in [6.45, 7) is 1.64. The molecular weight excluding hydrogens is 428 g/mol. The van der Waals surface area contributed by atoms with Gasteiger partial charge in [0.2, 0.25) is 15.9 Å². The van der Waals surface area contributed by atoms with Crippen molar-refractivity contribution in [1.29, 1.82) is 5.26 Å². The highest BCUT2D eigenvalue weighted by Crippen LogP contribution is 2.31. The Labute approximate surface area is 189 Å². The molecule has 1 saturated heterocycles. The van der Waals surface area contributed by atoms with Gasteiger partial charge in [-0.05, 0) is 55.8 Å². The number of carbonyl (C=O) groups excluding carboxylic acids is 1. The van der Waals surface area contributed by atoms with Crippen LogP contribution in [0.1, 0.15) is 30.4 Å². The van der Waals surface area contributed by atoms with Crippen molar-refractivity contribution in [2.24, 2.45) is 0 Å². The van der Waals surface area contributed by atoms with E-state index in [1.807, 2.05) is 24.1 Å². The minimum absolute atomic E-state index is 0.0608. The normalized spacial score (nSPS) is 14.7. The Hall–Kier alpha value is -2.93. The third-order valence-corrected chi connectivity index (χ3v) is 7.25. The molecule has 0 aliphatic carbocycles. The number of benzene rings is 2. The van der Waals surface area contributed by atoms with E-state index in [4.69, 9.17) is 10.00 Å². The number of methoxy groups -OCH3 is 1. The number of sulfonamides is 1. The molecule has 1 aliphatic rings. The van der Waals surface area contributed by atoms with E-state index >= 15 is 0 Å². The average Bonchev–Trinajstić information content (AvgIpc) is 2.80. The second-order valence-corrected chi connectivity index (χ2v) is 9.77. The maximum Gasteiger partial charge on any atom is 0.246 e. The highest BCUT2D eigenvalue weighted by Gasteiger charge is 2.29. The second kappa shape index (κ2) is 10.6. The van der Waals surface area contributed by atoms with Crippen LogP contribution >= 0.6 is 0 Å². The third-order valence-electron chi connectivity index (χ3n) is 5.33. The molecular formula is C23H28N4O4S. The van der Waals surface area contributed by atoms with E-state index in [9.17, 15) is 13.2 Å². The molecule has 2 aromatic carbocycles. The number of hydrogen-bond donors (Lipinski definition) is 1. The summed E-state index contributed by atoms with van der Waals surface area (Å²) in [5.41, 5.74) is 1.97. The zero-order valence-electron chi connectivity index (χ0n) is 18.4. The summed E-state index contributed by atoms with van der Waals surface area (Å²) in [7, 11) is -0.460. The molecule has 0 atom stereocenters. The molecule has 32 heavy (non-hydrogen) atoms. The average molecular weight is 457 g/mol. The van der Waals surface area contributed by atoms with Gasteiger partial charge >= 0.3 is 0 Å². The van der Waals surface area contributed by atoms with Crippen molar-refractivity contribution in [2.45, 2.75) is 30.7 Å². The van der Waals surface area contributed by atoms with Crippen LogP contribution in [-0.2, 0) is 21.4 Å². The SMILES string of the molecule is COc1ccc(NC(=O)CN(C)Cc2ccc(C#N)cc2)cc1S(=O)(=O)N1CCCCC1. The number of likely N-dealkylation sites (N-methyl/N-ethyl adjacent to an activating group) is 1. The number of anilines is 1. The molecule has 1 heterocycles. The summed E-state index contributed by atoms with van der Waals surface area (Å²) in [6.07, 6.45) is 2.70. The molecule has 9 heteroatoms. The van der Waals surface area contributed by atoms with Gasteiger partial charge in [0.1, 0.15) is 10.6 Å². The number of carbonyl (C=O) groups is 1. The molecule has 1 aliphatic heterocycles. The lowest BCUT2D eigenvalue weighted by Gasteiger charge is -2.26. The number of rotatable bonds is 8. The van der Waals surface area contributed by atoms with Crippen LogP contribution in [0.25, 0.3) is 0 Å². The Kier molecular flexibility index (Phi) is 7.85. The standard InChI is InChI=1S/C23H28N4O4S/c1-26(16-19-8-6-18(15-24)7-9-19)17-23(28)25-20-10-11-21(31-2)22(14-20)32(29,30)27-12-4-3-5-13-27/h6-11,14H,3-5,12-13,16-17H2,1-2H3,(H,25,28). The number of hydrogen-bond acceptors (Lipinski definition) is 6. The Balaban J connectivity index is 1.68. The number of piperidine rings is 1. The predicted molar refractivity (Wildman–Crippen MR) is 122 cm³/mol. The van der Waals surface area contributed by atoms with Gasteiger partial charge < -0.3 is 10.1 Å². The summed E-state index contributed by atoms with van der Waals surface area (Å²) < 4.78 is 33.0. The summed E-state index contributed by atoms with van der Waals surface area (Å²) in [6, 6.07) is 13.9. The Bertz CT molecular complexity index is 1090. The van der Waals surface area contributed by atoms with Crippen molar-refractivity contribution in [3.8, 4) is 11.8 Å². The minimum Gasteiger partial charge on any atom is -0.495 e. The first-order chi connectivity index (χ1) is 15.3. The van der Waals surface area contributed by atoms with Crippen LogP contribution in [0, 0.1) is 11.3 Å². The summed E-state index contributed by atoms with van der Waals surface area (Å²) in [5, 5.41) is 11.7. The van der Waals surface area contributed by atoms with Crippen molar-refractivity contribution in [1.82, 2.24) is 9.21 Å². The molecule has 0 aromatic heterocycles. The van der Waals surface area contributed by atoms with Gasteiger partial charge in [0, 0.05) is 25.3 Å². The van der Waals surface area contributed by atoms with Crippen molar-refractivity contribution in [3.63, 3.8) is 0 Å². The summed E-state index contributed by atoms with van der Waals surface area (Å²) >= 11 is 0. The van der Waals surface area contributed by atoms with Crippen LogP contribution in [0.5, 0.6) is 5.75 Å². The van der Waals surface area contributed by atoms with E-state index in [0.717, 1.165) is 24.8 Å². The highest BCUT2D eigenvalue weighted by atomic mass is 32.2. The lowest BCUT2D eigenvalue weighted by molar-refractivity contribution is -0.117. The topological polar surface area (TPSA) is 103 Å². The van der Waals surface area contributed by atoms with E-state index in [0.29, 0.717) is 30.9 Å². The van der Waals surface area contributed by atoms with Gasteiger partial charge in [0.05, 0.1) is 25.3 Å². The predicted octanol–water partition coefficient (Wildman–Crippen LogP) is 2.81. The number of nitrogens with one attached hydrogen (secondary N) is 1. The van der Waals surface area contributed by atoms with Crippen molar-refractivity contribution in [2.75, 3.05) is 39.1 Å². The Morgan fingerprint density at radius 3 is 2.47 bits per heavy atom. The molecule has 2 aromatic rings. The smallest absolute Gasteiger partial charge is 0.246 e. The zero-order chi connectivity index (χ0) is 23.1. The number of ether oxygens (including phenoxy) is 1. The van der Waals surface area contributed by atoms with Crippen LogP contribution in [0.3, 0.4) is 0 Å². The fraction of sp³-hybridized carbons (Fsp3) is 0.391. The van der Waals surface area contributed by atoms with Gasteiger partial charge in [-0.1, -0.05) is 18.6 Å². The molecule has 3 rings (SSSR count). The maximum atomic E-state index is 13.1. The van der Waals surface area contributed by atoms with Gasteiger partial charge in [0.25, 0.3) is 0 Å². The molecule has 170 valence electrons. The summed E-state index contributed by atoms with van der Waals surface area (Å²) in [4.78, 5) is 14.4. The fourth-order valence-electron chi connectivity index (χ4n) is 3.70. The monoisotopic (exact) mass is 456 g/mol. The van der Waals surface area contributed by atoms with E-state index in [1.165, 1.54) is 17.5 Å². The van der Waals surface area contributed by atoms with E-state index in [2.05, 4.69) is 11.4 Å². The van der Waals surface area contributed by atoms with Crippen LogP contribution in [-0.4, -0.2) is 57.3 Å². The molecule has 8 nitrogen and oxygen atoms in total. The first-order valence-corrected chi connectivity index (χ1v) is 11.9. The van der Waals surface area contributed by atoms with Crippen molar-refractivity contribution >= 4 is 21.6 Å². The quantitative estimate of drug-likeness (QED) is 0.655. The Morgan fingerprint density at radius 1 is 1.16 bits per heavy atom. The van der Waals surface area contributed by atoms with Gasteiger partial charge in [-0.2, -0.15) is 9.57 Å². The zero-order valence-corrected chi connectivity index (χ0v) is 19.2. The van der Waals surface area contributed by atoms with E-state index in [-0.39, 0.29) is 23.1 Å². The van der Waals surface area contributed by atoms with Crippen LogP contribution in [0.15, 0.2) is 47.4 Å². The fourth-order valence-corrected chi connectivity index (χ4v) is 5.40. The molecule has 0 radical (unpaired) electrons. The lowest BCUT2D eigenvalue weighted by Crippen LogP contribution is -2.35. The summed E-state index contributed by atoms with van der Waals surface area (Å²) in [5.74, 6) is -0.000797. The number of nitriles is 1. The molecule has 0 bridgehead atoms. The van der Waals surface area contributed by atoms with E-state index in [1.54, 1.807) is 24.3 Å². The van der Waals surface area contributed by atoms with Gasteiger partial charge in [-0.25, -0.2) is 8.42 Å². The number of nitrogens with zero attached hydrogens (tertiary/aromatic N) is 3. The van der Waals surface area contributed by atoms with Gasteiger partial charge in [-0.15, -0.1) is 0 Å². The molecule has 0 saturated carbocycles. The van der Waals surface area contributed by atoms with Crippen molar-refractivity contribution in [3.05, 3.63) is 53.6 Å². The maximum absolute atomic E-state index is 13.1. The van der Waals surface area contributed by atoms with Crippen LogP contribution in [0.4, 0.5) is 5.69 Å². The Morgan fingerprint density at radius 2 is 1.84 bits per heavy atom. The van der Waals surface area contributed by atoms with Crippen LogP contribution in [0.2, 0.25) is 0 Å². The number of amides is 1.